The molecule has 1 aromatic rings. The lowest BCUT2D eigenvalue weighted by atomic mass is 10.0. The first-order chi connectivity index (χ1) is 9.73. The standard InChI is InChI=1S/C14H21FN2O3S/c1-10-4-5-11(15)8-14(10)21(19,20)17-7-6-12(16(2)3)13(18)9-17/h4-5,8,12-13,18H,6-7,9H2,1-3H3/t12-,13-/m0/s1. The molecule has 0 amide bonds. The van der Waals surface area contributed by atoms with Crippen molar-refractivity contribution in [3.8, 4) is 0 Å². The highest BCUT2D eigenvalue weighted by molar-refractivity contribution is 7.89. The topological polar surface area (TPSA) is 60.9 Å². The lowest BCUT2D eigenvalue weighted by molar-refractivity contribution is 0.0291. The first-order valence-corrected chi connectivity index (χ1v) is 8.28. The fourth-order valence-corrected chi connectivity index (χ4v) is 4.41. The van der Waals surface area contributed by atoms with Gasteiger partial charge in [-0.25, -0.2) is 12.8 Å². The molecule has 1 aliphatic rings. The quantitative estimate of drug-likeness (QED) is 0.897. The van der Waals surface area contributed by atoms with Gasteiger partial charge >= 0.3 is 0 Å². The van der Waals surface area contributed by atoms with Crippen molar-refractivity contribution in [2.45, 2.75) is 30.4 Å². The van der Waals surface area contributed by atoms with Crippen LogP contribution in [0.5, 0.6) is 0 Å². The third-order valence-corrected chi connectivity index (χ3v) is 5.95. The number of β-amino-alcohol motifs (C(OH)–C–C–N with tert-alkyl or cyclic N) is 1. The summed E-state index contributed by atoms with van der Waals surface area (Å²) in [5, 5.41) is 10.1. The number of hydrogen-bond donors (Lipinski definition) is 1. The van der Waals surface area contributed by atoms with Crippen LogP contribution in [0.3, 0.4) is 0 Å². The van der Waals surface area contributed by atoms with E-state index in [-0.39, 0.29) is 17.5 Å². The molecule has 2 atom stereocenters. The summed E-state index contributed by atoms with van der Waals surface area (Å²) in [4.78, 5) is 1.86. The largest absolute Gasteiger partial charge is 0.390 e. The fraction of sp³-hybridized carbons (Fsp3) is 0.571. The second-order valence-electron chi connectivity index (χ2n) is 5.66. The number of likely N-dealkylation sites (N-methyl/N-ethyl adjacent to an activating group) is 1. The Bertz CT molecular complexity index is 619. The highest BCUT2D eigenvalue weighted by Crippen LogP contribution is 2.25. The van der Waals surface area contributed by atoms with Gasteiger partial charge in [0.1, 0.15) is 5.82 Å². The van der Waals surface area contributed by atoms with Gasteiger partial charge in [0.15, 0.2) is 0 Å². The number of nitrogens with zero attached hydrogens (tertiary/aromatic N) is 2. The van der Waals surface area contributed by atoms with Gasteiger partial charge in [-0.3, -0.25) is 0 Å². The van der Waals surface area contributed by atoms with Gasteiger partial charge in [-0.15, -0.1) is 0 Å². The molecule has 0 spiro atoms. The van der Waals surface area contributed by atoms with Gasteiger partial charge in [0.05, 0.1) is 11.0 Å². The molecule has 1 saturated heterocycles. The molecule has 1 N–H and O–H groups in total. The van der Waals surface area contributed by atoms with E-state index in [1.165, 1.54) is 16.4 Å². The number of benzene rings is 1. The number of rotatable bonds is 3. The molecular weight excluding hydrogens is 295 g/mol. The van der Waals surface area contributed by atoms with Crippen molar-refractivity contribution in [3.63, 3.8) is 0 Å². The maximum Gasteiger partial charge on any atom is 0.243 e. The minimum atomic E-state index is -3.78. The third-order valence-electron chi connectivity index (χ3n) is 3.94. The summed E-state index contributed by atoms with van der Waals surface area (Å²) in [5.41, 5.74) is 0.501. The van der Waals surface area contributed by atoms with E-state index in [1.807, 2.05) is 19.0 Å². The highest BCUT2D eigenvalue weighted by atomic mass is 32.2. The van der Waals surface area contributed by atoms with Gasteiger partial charge in [0.25, 0.3) is 0 Å². The van der Waals surface area contributed by atoms with Crippen molar-refractivity contribution in [2.24, 2.45) is 0 Å². The van der Waals surface area contributed by atoms with Crippen LogP contribution >= 0.6 is 0 Å². The summed E-state index contributed by atoms with van der Waals surface area (Å²) in [5.74, 6) is -0.581. The minimum absolute atomic E-state index is 0.0289. The lowest BCUT2D eigenvalue weighted by Crippen LogP contribution is -2.53. The number of piperidine rings is 1. The van der Waals surface area contributed by atoms with Crippen LogP contribution in [0.4, 0.5) is 4.39 Å². The van der Waals surface area contributed by atoms with Crippen LogP contribution in [0.2, 0.25) is 0 Å². The van der Waals surface area contributed by atoms with E-state index in [4.69, 9.17) is 0 Å². The second-order valence-corrected chi connectivity index (χ2v) is 7.57. The van der Waals surface area contributed by atoms with Gasteiger partial charge in [-0.2, -0.15) is 4.31 Å². The van der Waals surface area contributed by atoms with E-state index in [1.54, 1.807) is 6.92 Å². The first-order valence-electron chi connectivity index (χ1n) is 6.84. The summed E-state index contributed by atoms with van der Waals surface area (Å²) in [7, 11) is -0.0706. The van der Waals surface area contributed by atoms with Gasteiger partial charge in [0.2, 0.25) is 10.0 Å². The molecular formula is C14H21FN2O3S. The molecule has 0 aromatic heterocycles. The van der Waals surface area contributed by atoms with Gasteiger partial charge < -0.3 is 10.0 Å². The summed E-state index contributed by atoms with van der Waals surface area (Å²) in [6.07, 6.45) is -0.209. The highest BCUT2D eigenvalue weighted by Gasteiger charge is 2.36. The van der Waals surface area contributed by atoms with Crippen LogP contribution in [0.1, 0.15) is 12.0 Å². The number of halogens is 1. The molecule has 0 saturated carbocycles. The van der Waals surface area contributed by atoms with E-state index >= 15 is 0 Å². The Morgan fingerprint density at radius 3 is 2.62 bits per heavy atom. The Kier molecular flexibility index (Phi) is 4.67. The maximum absolute atomic E-state index is 13.4. The first kappa shape index (κ1) is 16.4. The molecule has 0 aliphatic carbocycles. The third kappa shape index (κ3) is 3.26. The monoisotopic (exact) mass is 316 g/mol. The summed E-state index contributed by atoms with van der Waals surface area (Å²) in [6.45, 7) is 1.98. The van der Waals surface area contributed by atoms with Crippen LogP contribution in [-0.2, 0) is 10.0 Å². The fourth-order valence-electron chi connectivity index (χ4n) is 2.70. The number of hydrogen-bond acceptors (Lipinski definition) is 4. The van der Waals surface area contributed by atoms with Crippen LogP contribution in [0.15, 0.2) is 23.1 Å². The van der Waals surface area contributed by atoms with Gasteiger partial charge in [-0.1, -0.05) is 6.07 Å². The Hall–Kier alpha value is -1.02. The molecule has 0 unspecified atom stereocenters. The summed E-state index contributed by atoms with van der Waals surface area (Å²) >= 11 is 0. The molecule has 7 heteroatoms. The van der Waals surface area contributed by atoms with Crippen molar-refractivity contribution in [2.75, 3.05) is 27.2 Å². The number of aliphatic hydroxyl groups excluding tert-OH is 1. The average Bonchev–Trinajstić information content (AvgIpc) is 2.40. The van der Waals surface area contributed by atoms with Crippen molar-refractivity contribution < 1.29 is 17.9 Å². The lowest BCUT2D eigenvalue weighted by Gasteiger charge is -2.38. The molecule has 5 nitrogen and oxygen atoms in total. The molecule has 1 aromatic carbocycles. The van der Waals surface area contributed by atoms with Crippen molar-refractivity contribution in [3.05, 3.63) is 29.6 Å². The summed E-state index contributed by atoms with van der Waals surface area (Å²) in [6, 6.07) is 3.66. The predicted octanol–water partition coefficient (Wildman–Crippen LogP) is 0.820. The van der Waals surface area contributed by atoms with Gasteiger partial charge in [-0.05, 0) is 45.1 Å². The Balaban J connectivity index is 2.27. The van der Waals surface area contributed by atoms with Crippen molar-refractivity contribution in [1.82, 2.24) is 9.21 Å². The van der Waals surface area contributed by atoms with E-state index in [0.29, 0.717) is 18.5 Å². The maximum atomic E-state index is 13.4. The summed E-state index contributed by atoms with van der Waals surface area (Å²) < 4.78 is 39.8. The normalized spacial score (nSPS) is 24.5. The second kappa shape index (κ2) is 6.00. The Morgan fingerprint density at radius 1 is 1.38 bits per heavy atom. The van der Waals surface area contributed by atoms with E-state index in [0.717, 1.165) is 6.07 Å². The zero-order valence-corrected chi connectivity index (χ0v) is 13.3. The van der Waals surface area contributed by atoms with Crippen LogP contribution < -0.4 is 0 Å². The molecule has 2 rings (SSSR count). The van der Waals surface area contributed by atoms with E-state index in [2.05, 4.69) is 0 Å². The molecule has 0 bridgehead atoms. The molecule has 118 valence electrons. The SMILES string of the molecule is Cc1ccc(F)cc1S(=O)(=O)N1CC[C@H](N(C)C)[C@@H](O)C1. The molecule has 0 radical (unpaired) electrons. The number of sulfonamides is 1. The predicted molar refractivity (Wildman–Crippen MR) is 78.0 cm³/mol. The minimum Gasteiger partial charge on any atom is -0.390 e. The van der Waals surface area contributed by atoms with Crippen molar-refractivity contribution in [1.29, 1.82) is 0 Å². The van der Waals surface area contributed by atoms with E-state index < -0.39 is 21.9 Å². The van der Waals surface area contributed by atoms with Crippen LogP contribution in [-0.4, -0.2) is 62.1 Å². The van der Waals surface area contributed by atoms with Crippen LogP contribution in [0, 0.1) is 12.7 Å². The zero-order valence-electron chi connectivity index (χ0n) is 12.5. The van der Waals surface area contributed by atoms with Crippen LogP contribution in [0.25, 0.3) is 0 Å². The van der Waals surface area contributed by atoms with Crippen molar-refractivity contribution >= 4 is 10.0 Å². The van der Waals surface area contributed by atoms with E-state index in [9.17, 15) is 17.9 Å². The number of aryl methyl sites for hydroxylation is 1. The van der Waals surface area contributed by atoms with Gasteiger partial charge in [0, 0.05) is 19.1 Å². The smallest absolute Gasteiger partial charge is 0.243 e. The Morgan fingerprint density at radius 2 is 2.05 bits per heavy atom. The zero-order chi connectivity index (χ0) is 15.8. The molecule has 21 heavy (non-hydrogen) atoms. The molecule has 1 heterocycles. The average molecular weight is 316 g/mol. The Labute approximate surface area is 125 Å². The molecule has 1 aliphatic heterocycles. The number of aliphatic hydroxyl groups is 1. The molecule has 1 fully saturated rings.